The lowest BCUT2D eigenvalue weighted by Gasteiger charge is -2.23. The van der Waals surface area contributed by atoms with E-state index in [1.54, 1.807) is 24.7 Å². The number of hydrogen-bond donors (Lipinski definition) is 0. The number of carbonyl (C=O) groups excluding carboxylic acids is 1. The van der Waals surface area contributed by atoms with Crippen molar-refractivity contribution >= 4 is 40.3 Å². The number of aromatic nitrogens is 3. The zero-order valence-corrected chi connectivity index (χ0v) is 15.1. The van der Waals surface area contributed by atoms with Gasteiger partial charge in [0.15, 0.2) is 5.65 Å². The number of rotatable bonds is 4. The maximum absolute atomic E-state index is 13.0. The van der Waals surface area contributed by atoms with Crippen LogP contribution in [-0.2, 0) is 13.6 Å². The predicted molar refractivity (Wildman–Crippen MR) is 97.9 cm³/mol. The van der Waals surface area contributed by atoms with Crippen LogP contribution in [0.3, 0.4) is 0 Å². The van der Waals surface area contributed by atoms with Gasteiger partial charge in [0.05, 0.1) is 21.9 Å². The number of carbonyl (C=O) groups is 1. The molecule has 0 aliphatic heterocycles. The number of imidazole rings is 1. The molecular weight excluding hydrogens is 359 g/mol. The van der Waals surface area contributed by atoms with Crippen molar-refractivity contribution in [1.29, 1.82) is 0 Å². The van der Waals surface area contributed by atoms with Crippen LogP contribution in [-0.4, -0.2) is 31.4 Å². The molecule has 2 heterocycles. The van der Waals surface area contributed by atoms with Crippen LogP contribution in [0.4, 0.5) is 0 Å². The van der Waals surface area contributed by atoms with Gasteiger partial charge >= 0.3 is 0 Å². The normalized spacial score (nSPS) is 14.0. The van der Waals surface area contributed by atoms with Crippen molar-refractivity contribution in [2.24, 2.45) is 7.05 Å². The van der Waals surface area contributed by atoms with Crippen molar-refractivity contribution < 1.29 is 4.79 Å². The summed E-state index contributed by atoms with van der Waals surface area (Å²) >= 11 is 12.1. The molecule has 0 N–H and O–H groups in total. The number of benzene rings is 1. The summed E-state index contributed by atoms with van der Waals surface area (Å²) in [5.41, 5.74) is 3.00. The van der Waals surface area contributed by atoms with Crippen LogP contribution < -0.4 is 0 Å². The Morgan fingerprint density at radius 2 is 2.04 bits per heavy atom. The Morgan fingerprint density at radius 1 is 1.24 bits per heavy atom. The van der Waals surface area contributed by atoms with Crippen molar-refractivity contribution in [3.8, 4) is 0 Å². The summed E-state index contributed by atoms with van der Waals surface area (Å²) in [4.78, 5) is 23.6. The van der Waals surface area contributed by atoms with Gasteiger partial charge in [0.2, 0.25) is 0 Å². The number of pyridine rings is 1. The van der Waals surface area contributed by atoms with Gasteiger partial charge < -0.3 is 9.47 Å². The van der Waals surface area contributed by atoms with Crippen LogP contribution >= 0.6 is 23.2 Å². The summed E-state index contributed by atoms with van der Waals surface area (Å²) in [5, 5.41) is 1.01. The second-order valence-corrected chi connectivity index (χ2v) is 7.15. The first-order chi connectivity index (χ1) is 12.0. The first-order valence-electron chi connectivity index (χ1n) is 8.05. The number of amides is 1. The van der Waals surface area contributed by atoms with E-state index in [0.29, 0.717) is 22.2 Å². The van der Waals surface area contributed by atoms with E-state index < -0.39 is 0 Å². The van der Waals surface area contributed by atoms with Crippen LogP contribution in [0.25, 0.3) is 11.2 Å². The summed E-state index contributed by atoms with van der Waals surface area (Å²) in [6, 6.07) is 7.54. The highest BCUT2D eigenvalue weighted by atomic mass is 35.5. The number of halogens is 2. The molecule has 0 spiro atoms. The Kier molecular flexibility index (Phi) is 4.13. The molecule has 0 saturated heterocycles. The smallest absolute Gasteiger partial charge is 0.256 e. The number of hydrogen-bond acceptors (Lipinski definition) is 3. The van der Waals surface area contributed by atoms with Gasteiger partial charge in [-0.05, 0) is 36.6 Å². The molecule has 1 aliphatic rings. The molecule has 1 fully saturated rings. The van der Waals surface area contributed by atoms with Gasteiger partial charge in [-0.15, -0.1) is 0 Å². The lowest BCUT2D eigenvalue weighted by atomic mass is 10.1. The monoisotopic (exact) mass is 374 g/mol. The van der Waals surface area contributed by atoms with Gasteiger partial charge in [0.25, 0.3) is 5.91 Å². The minimum absolute atomic E-state index is 0.0337. The molecule has 1 saturated carbocycles. The topological polar surface area (TPSA) is 51.0 Å². The van der Waals surface area contributed by atoms with Crippen LogP contribution in [0.15, 0.2) is 36.8 Å². The molecule has 1 aromatic carbocycles. The highest BCUT2D eigenvalue weighted by Gasteiger charge is 2.33. The van der Waals surface area contributed by atoms with Gasteiger partial charge in [-0.25, -0.2) is 9.97 Å². The Bertz CT molecular complexity index is 965. The summed E-state index contributed by atoms with van der Waals surface area (Å²) in [6.45, 7) is 0.501. The van der Waals surface area contributed by atoms with E-state index in [1.807, 2.05) is 28.6 Å². The van der Waals surface area contributed by atoms with Crippen molar-refractivity contribution in [1.82, 2.24) is 19.4 Å². The van der Waals surface area contributed by atoms with Gasteiger partial charge in [-0.2, -0.15) is 0 Å². The molecule has 25 heavy (non-hydrogen) atoms. The zero-order chi connectivity index (χ0) is 17.6. The van der Waals surface area contributed by atoms with Gasteiger partial charge in [-0.1, -0.05) is 29.3 Å². The Balaban J connectivity index is 1.62. The third-order valence-corrected chi connectivity index (χ3v) is 5.12. The minimum Gasteiger partial charge on any atom is -0.331 e. The molecule has 4 rings (SSSR count). The SMILES string of the molecule is Cn1cnc2cc(C(=O)N(Cc3ccc(Cl)c(Cl)c3)C3CC3)cnc21. The molecule has 128 valence electrons. The van der Waals surface area contributed by atoms with E-state index in [-0.39, 0.29) is 11.9 Å². The predicted octanol–water partition coefficient (Wildman–Crippen LogP) is 4.08. The lowest BCUT2D eigenvalue weighted by Crippen LogP contribution is -2.32. The quantitative estimate of drug-likeness (QED) is 0.691. The average molecular weight is 375 g/mol. The molecule has 0 atom stereocenters. The minimum atomic E-state index is -0.0337. The Morgan fingerprint density at radius 3 is 2.76 bits per heavy atom. The largest absolute Gasteiger partial charge is 0.331 e. The molecule has 2 aromatic heterocycles. The van der Waals surface area contributed by atoms with Crippen LogP contribution in [0.1, 0.15) is 28.8 Å². The highest BCUT2D eigenvalue weighted by molar-refractivity contribution is 6.42. The molecule has 0 bridgehead atoms. The van der Waals surface area contributed by atoms with E-state index in [0.717, 1.165) is 29.6 Å². The first-order valence-corrected chi connectivity index (χ1v) is 8.80. The second kappa shape index (κ2) is 6.32. The third-order valence-electron chi connectivity index (χ3n) is 4.38. The van der Waals surface area contributed by atoms with Gasteiger partial charge in [0.1, 0.15) is 5.52 Å². The summed E-state index contributed by atoms with van der Waals surface area (Å²) < 4.78 is 1.83. The number of aryl methyl sites for hydroxylation is 1. The van der Waals surface area contributed by atoms with E-state index in [4.69, 9.17) is 23.2 Å². The lowest BCUT2D eigenvalue weighted by molar-refractivity contribution is 0.0729. The van der Waals surface area contributed by atoms with Gasteiger partial charge in [-0.3, -0.25) is 4.79 Å². The molecule has 1 amide bonds. The van der Waals surface area contributed by atoms with E-state index in [1.165, 1.54) is 0 Å². The van der Waals surface area contributed by atoms with Crippen molar-refractivity contribution in [2.75, 3.05) is 0 Å². The van der Waals surface area contributed by atoms with Crippen LogP contribution in [0.2, 0.25) is 10.0 Å². The highest BCUT2D eigenvalue weighted by Crippen LogP contribution is 2.31. The molecule has 0 unspecified atom stereocenters. The fourth-order valence-electron chi connectivity index (χ4n) is 2.89. The van der Waals surface area contributed by atoms with Crippen molar-refractivity contribution in [3.05, 3.63) is 58.0 Å². The maximum Gasteiger partial charge on any atom is 0.256 e. The van der Waals surface area contributed by atoms with E-state index in [2.05, 4.69) is 9.97 Å². The fraction of sp³-hybridized carbons (Fsp3) is 0.278. The Labute approximate surface area is 155 Å². The maximum atomic E-state index is 13.0. The summed E-state index contributed by atoms with van der Waals surface area (Å²) in [6.07, 6.45) is 5.36. The van der Waals surface area contributed by atoms with E-state index in [9.17, 15) is 4.79 Å². The third kappa shape index (κ3) is 3.22. The van der Waals surface area contributed by atoms with Crippen LogP contribution in [0, 0.1) is 0 Å². The summed E-state index contributed by atoms with van der Waals surface area (Å²) in [5.74, 6) is -0.0337. The van der Waals surface area contributed by atoms with Gasteiger partial charge in [0, 0.05) is 25.8 Å². The number of fused-ring (bicyclic) bond motifs is 1. The van der Waals surface area contributed by atoms with Crippen LogP contribution in [0.5, 0.6) is 0 Å². The molecule has 0 radical (unpaired) electrons. The molecule has 7 heteroatoms. The number of nitrogens with zero attached hydrogens (tertiary/aromatic N) is 4. The summed E-state index contributed by atoms with van der Waals surface area (Å²) in [7, 11) is 1.88. The first kappa shape index (κ1) is 16.4. The molecular formula is C18H16Cl2N4O. The second-order valence-electron chi connectivity index (χ2n) is 6.33. The average Bonchev–Trinajstić information content (AvgIpc) is 3.38. The van der Waals surface area contributed by atoms with Crippen molar-refractivity contribution in [3.63, 3.8) is 0 Å². The zero-order valence-electron chi connectivity index (χ0n) is 13.6. The van der Waals surface area contributed by atoms with Crippen molar-refractivity contribution in [2.45, 2.75) is 25.4 Å². The fourth-order valence-corrected chi connectivity index (χ4v) is 3.21. The van der Waals surface area contributed by atoms with E-state index >= 15 is 0 Å². The molecule has 3 aromatic rings. The molecule has 1 aliphatic carbocycles. The molecule has 5 nitrogen and oxygen atoms in total. The Hall–Kier alpha value is -2.11. The standard InChI is InChI=1S/C18H16Cl2N4O/c1-23-10-22-16-7-12(8-21-17(16)23)18(25)24(13-3-4-13)9-11-2-5-14(19)15(20)6-11/h2,5-8,10,13H,3-4,9H2,1H3.